The van der Waals surface area contributed by atoms with Crippen molar-refractivity contribution >= 4 is 11.9 Å². The molecule has 1 aliphatic rings. The van der Waals surface area contributed by atoms with Crippen LogP contribution in [0.2, 0.25) is 0 Å². The molecule has 1 atom stereocenters. The Balaban J connectivity index is 1.62. The van der Waals surface area contributed by atoms with Gasteiger partial charge in [0.15, 0.2) is 29.7 Å². The van der Waals surface area contributed by atoms with Gasteiger partial charge < -0.3 is 19.5 Å². The van der Waals surface area contributed by atoms with Crippen molar-refractivity contribution in [2.24, 2.45) is 5.92 Å². The molecule has 0 unspecified atom stereocenters. The van der Waals surface area contributed by atoms with E-state index in [4.69, 9.17) is 14.2 Å². The lowest BCUT2D eigenvalue weighted by Gasteiger charge is -2.25. The molecule has 0 saturated carbocycles. The Morgan fingerprint density at radius 1 is 1.03 bits per heavy atom. The molecule has 1 N–H and O–H groups in total. The summed E-state index contributed by atoms with van der Waals surface area (Å²) in [6.45, 7) is 4.27. The van der Waals surface area contributed by atoms with Crippen LogP contribution in [0.25, 0.3) is 0 Å². The van der Waals surface area contributed by atoms with E-state index in [0.29, 0.717) is 24.7 Å². The van der Waals surface area contributed by atoms with Gasteiger partial charge in [-0.25, -0.2) is 13.6 Å². The number of carbonyl (C=O) groups is 2. The van der Waals surface area contributed by atoms with Crippen LogP contribution >= 0.6 is 0 Å². The third-order valence-electron chi connectivity index (χ3n) is 4.40. The Morgan fingerprint density at radius 2 is 1.76 bits per heavy atom. The van der Waals surface area contributed by atoms with E-state index in [0.717, 1.165) is 23.8 Å². The van der Waals surface area contributed by atoms with E-state index in [1.54, 1.807) is 6.07 Å². The number of ether oxygens (including phenoxy) is 3. The number of esters is 1. The number of hydrogen-bond acceptors (Lipinski definition) is 5. The summed E-state index contributed by atoms with van der Waals surface area (Å²) in [5.74, 6) is -2.37. The van der Waals surface area contributed by atoms with Gasteiger partial charge in [0.05, 0.1) is 11.6 Å². The molecule has 0 aromatic heterocycles. The summed E-state index contributed by atoms with van der Waals surface area (Å²) in [5, 5.41) is 2.82. The highest BCUT2D eigenvalue weighted by atomic mass is 19.2. The van der Waals surface area contributed by atoms with Crippen LogP contribution in [-0.4, -0.2) is 31.7 Å². The first-order valence-corrected chi connectivity index (χ1v) is 9.16. The van der Waals surface area contributed by atoms with Gasteiger partial charge in [0.1, 0.15) is 13.2 Å². The molecular formula is C21H21F2NO5. The topological polar surface area (TPSA) is 73.9 Å². The van der Waals surface area contributed by atoms with Gasteiger partial charge in [-0.15, -0.1) is 0 Å². The van der Waals surface area contributed by atoms with Crippen molar-refractivity contribution in [1.29, 1.82) is 0 Å². The van der Waals surface area contributed by atoms with Crippen LogP contribution in [0.4, 0.5) is 8.78 Å². The number of fused-ring (bicyclic) bond motifs is 1. The standard InChI is InChI=1S/C21H21F2NO5/c1-12(2)20(13-4-6-17-18(10-13)28-8-7-27-17)24-19(25)11-29-21(26)14-3-5-15(22)16(23)9-14/h3-6,9-10,12,20H,7-8,11H2,1-2H3,(H,24,25)/t20-/m1/s1. The minimum Gasteiger partial charge on any atom is -0.486 e. The fourth-order valence-corrected chi connectivity index (χ4v) is 2.94. The van der Waals surface area contributed by atoms with Crippen LogP contribution in [0, 0.1) is 17.6 Å². The summed E-state index contributed by atoms with van der Waals surface area (Å²) < 4.78 is 42.2. The molecule has 6 nitrogen and oxygen atoms in total. The average Bonchev–Trinajstić information content (AvgIpc) is 2.71. The molecule has 0 saturated heterocycles. The van der Waals surface area contributed by atoms with Gasteiger partial charge in [-0.05, 0) is 41.8 Å². The van der Waals surface area contributed by atoms with E-state index in [1.807, 2.05) is 26.0 Å². The van der Waals surface area contributed by atoms with E-state index in [9.17, 15) is 18.4 Å². The first-order valence-electron chi connectivity index (χ1n) is 9.16. The van der Waals surface area contributed by atoms with Crippen molar-refractivity contribution in [3.63, 3.8) is 0 Å². The normalized spacial score (nSPS) is 13.7. The number of amides is 1. The second kappa shape index (κ2) is 8.89. The molecule has 3 rings (SSSR count). The number of benzene rings is 2. The van der Waals surface area contributed by atoms with Crippen LogP contribution in [0.5, 0.6) is 11.5 Å². The summed E-state index contributed by atoms with van der Waals surface area (Å²) in [6, 6.07) is 7.72. The Kier molecular flexibility index (Phi) is 6.31. The molecular weight excluding hydrogens is 384 g/mol. The van der Waals surface area contributed by atoms with Crippen molar-refractivity contribution in [1.82, 2.24) is 5.32 Å². The molecule has 1 amide bonds. The first kappa shape index (κ1) is 20.6. The van der Waals surface area contributed by atoms with Crippen LogP contribution in [0.1, 0.15) is 35.8 Å². The zero-order valence-corrected chi connectivity index (χ0v) is 16.0. The van der Waals surface area contributed by atoms with Gasteiger partial charge >= 0.3 is 5.97 Å². The van der Waals surface area contributed by atoms with Crippen LogP contribution in [0.15, 0.2) is 36.4 Å². The van der Waals surface area contributed by atoms with E-state index >= 15 is 0 Å². The molecule has 2 aromatic rings. The number of halogens is 2. The third-order valence-corrected chi connectivity index (χ3v) is 4.40. The zero-order valence-electron chi connectivity index (χ0n) is 16.0. The smallest absolute Gasteiger partial charge is 0.338 e. The lowest BCUT2D eigenvalue weighted by molar-refractivity contribution is -0.125. The molecule has 1 heterocycles. The van der Waals surface area contributed by atoms with Crippen molar-refractivity contribution in [2.75, 3.05) is 19.8 Å². The highest BCUT2D eigenvalue weighted by Crippen LogP contribution is 2.34. The van der Waals surface area contributed by atoms with Crippen molar-refractivity contribution in [2.45, 2.75) is 19.9 Å². The lowest BCUT2D eigenvalue weighted by Crippen LogP contribution is -2.35. The lowest BCUT2D eigenvalue weighted by atomic mass is 9.95. The van der Waals surface area contributed by atoms with Crippen LogP contribution < -0.4 is 14.8 Å². The van der Waals surface area contributed by atoms with Crippen LogP contribution in [0.3, 0.4) is 0 Å². The van der Waals surface area contributed by atoms with Gasteiger partial charge in [-0.3, -0.25) is 4.79 Å². The van der Waals surface area contributed by atoms with Crippen LogP contribution in [-0.2, 0) is 9.53 Å². The minimum absolute atomic E-state index is 0.0448. The van der Waals surface area contributed by atoms with E-state index in [-0.39, 0.29) is 17.5 Å². The molecule has 0 fully saturated rings. The fraction of sp³-hybridized carbons (Fsp3) is 0.333. The summed E-state index contributed by atoms with van der Waals surface area (Å²) in [7, 11) is 0. The number of nitrogens with one attached hydrogen (secondary N) is 1. The monoisotopic (exact) mass is 405 g/mol. The largest absolute Gasteiger partial charge is 0.486 e. The van der Waals surface area contributed by atoms with Gasteiger partial charge in [0.25, 0.3) is 5.91 Å². The second-order valence-electron chi connectivity index (χ2n) is 6.90. The second-order valence-corrected chi connectivity index (χ2v) is 6.90. The number of hydrogen-bond donors (Lipinski definition) is 1. The predicted octanol–water partition coefficient (Wildman–Crippen LogP) is 3.41. The maximum Gasteiger partial charge on any atom is 0.338 e. The van der Waals surface area contributed by atoms with Crippen molar-refractivity contribution in [3.8, 4) is 11.5 Å². The molecule has 0 bridgehead atoms. The summed E-state index contributed by atoms with van der Waals surface area (Å²) >= 11 is 0. The highest BCUT2D eigenvalue weighted by Gasteiger charge is 2.22. The quantitative estimate of drug-likeness (QED) is 0.746. The molecule has 0 aliphatic carbocycles. The first-order chi connectivity index (χ1) is 13.8. The third kappa shape index (κ3) is 5.01. The summed E-state index contributed by atoms with van der Waals surface area (Å²) in [6.07, 6.45) is 0. The Bertz CT molecular complexity index is 916. The number of rotatable bonds is 6. The van der Waals surface area contributed by atoms with E-state index in [1.165, 1.54) is 0 Å². The Labute approximate surface area is 166 Å². The Morgan fingerprint density at radius 3 is 2.45 bits per heavy atom. The molecule has 1 aliphatic heterocycles. The fourth-order valence-electron chi connectivity index (χ4n) is 2.94. The van der Waals surface area contributed by atoms with Gasteiger partial charge in [0.2, 0.25) is 0 Å². The minimum atomic E-state index is -1.16. The summed E-state index contributed by atoms with van der Waals surface area (Å²) in [5.41, 5.74) is 0.647. The summed E-state index contributed by atoms with van der Waals surface area (Å²) in [4.78, 5) is 24.2. The SMILES string of the molecule is CC(C)[C@@H](NC(=O)COC(=O)c1ccc(F)c(F)c1)c1ccc2c(c1)OCCO2. The van der Waals surface area contributed by atoms with Crippen molar-refractivity contribution < 1.29 is 32.6 Å². The molecule has 0 spiro atoms. The molecule has 8 heteroatoms. The van der Waals surface area contributed by atoms with E-state index < -0.39 is 30.1 Å². The van der Waals surface area contributed by atoms with Gasteiger partial charge in [0, 0.05) is 0 Å². The maximum atomic E-state index is 13.2. The van der Waals surface area contributed by atoms with Crippen molar-refractivity contribution in [3.05, 3.63) is 59.2 Å². The molecule has 2 aromatic carbocycles. The average molecular weight is 405 g/mol. The molecule has 0 radical (unpaired) electrons. The maximum absolute atomic E-state index is 13.2. The Hall–Kier alpha value is -3.16. The molecule has 29 heavy (non-hydrogen) atoms. The van der Waals surface area contributed by atoms with Gasteiger partial charge in [-0.1, -0.05) is 19.9 Å². The molecule has 154 valence electrons. The highest BCUT2D eigenvalue weighted by molar-refractivity contribution is 5.91. The zero-order chi connectivity index (χ0) is 21.0. The number of carbonyl (C=O) groups excluding carboxylic acids is 2. The van der Waals surface area contributed by atoms with Gasteiger partial charge in [-0.2, -0.15) is 0 Å². The predicted molar refractivity (Wildman–Crippen MR) is 99.8 cm³/mol. The van der Waals surface area contributed by atoms with E-state index in [2.05, 4.69) is 5.32 Å².